The van der Waals surface area contributed by atoms with Crippen LogP contribution < -0.4 is 4.72 Å². The summed E-state index contributed by atoms with van der Waals surface area (Å²) >= 11 is 5.79. The van der Waals surface area contributed by atoms with Gasteiger partial charge in [0, 0.05) is 10.6 Å². The van der Waals surface area contributed by atoms with E-state index in [9.17, 15) is 12.8 Å². The summed E-state index contributed by atoms with van der Waals surface area (Å²) in [6.07, 6.45) is 2.27. The van der Waals surface area contributed by atoms with Crippen LogP contribution in [0.15, 0.2) is 17.0 Å². The van der Waals surface area contributed by atoms with Crippen LogP contribution in [-0.2, 0) is 21.4 Å². The Morgan fingerprint density at radius 1 is 1.43 bits per heavy atom. The molecule has 3 rings (SSSR count). The Hall–Kier alpha value is -0.730. The lowest BCUT2D eigenvalue weighted by Crippen LogP contribution is -2.41. The van der Waals surface area contributed by atoms with Crippen LogP contribution in [0.2, 0.25) is 5.02 Å². The fourth-order valence-corrected chi connectivity index (χ4v) is 4.68. The molecule has 2 aliphatic heterocycles. The maximum atomic E-state index is 14.1. The summed E-state index contributed by atoms with van der Waals surface area (Å²) < 4.78 is 46.9. The predicted octanol–water partition coefficient (Wildman–Crippen LogP) is 1.57. The Bertz CT molecular complexity index is 666. The van der Waals surface area contributed by atoms with E-state index in [1.807, 2.05) is 0 Å². The number of aliphatic hydroxyl groups excluding tert-OH is 1. The largest absolute Gasteiger partial charge is 0.392 e. The number of sulfonamides is 1. The number of fused-ring (bicyclic) bond motifs is 2. The maximum absolute atomic E-state index is 14.1. The lowest BCUT2D eigenvalue weighted by Gasteiger charge is -2.20. The molecule has 5 nitrogen and oxygen atoms in total. The summed E-state index contributed by atoms with van der Waals surface area (Å²) in [4.78, 5) is -0.540. The average molecular weight is 336 g/mol. The second-order valence-electron chi connectivity index (χ2n) is 5.37. The molecule has 8 heteroatoms. The highest BCUT2D eigenvalue weighted by Gasteiger charge is 2.43. The van der Waals surface area contributed by atoms with Crippen molar-refractivity contribution in [3.63, 3.8) is 0 Å². The molecular formula is C13H15ClFNO4S. The van der Waals surface area contributed by atoms with E-state index in [0.29, 0.717) is 6.42 Å². The van der Waals surface area contributed by atoms with Crippen LogP contribution in [0.4, 0.5) is 4.39 Å². The van der Waals surface area contributed by atoms with Crippen LogP contribution in [0.1, 0.15) is 24.8 Å². The van der Waals surface area contributed by atoms with Gasteiger partial charge in [0.25, 0.3) is 0 Å². The van der Waals surface area contributed by atoms with Crippen molar-refractivity contribution >= 4 is 21.6 Å². The zero-order chi connectivity index (χ0) is 15.2. The molecule has 2 aliphatic rings. The first-order valence-corrected chi connectivity index (χ1v) is 8.53. The second kappa shape index (κ2) is 5.48. The first-order valence-electron chi connectivity index (χ1n) is 6.67. The summed E-state index contributed by atoms with van der Waals surface area (Å²) in [7, 11) is -4.05. The quantitative estimate of drug-likeness (QED) is 0.875. The number of hydrogen-bond donors (Lipinski definition) is 2. The minimum atomic E-state index is -4.05. The second-order valence-corrected chi connectivity index (χ2v) is 7.49. The van der Waals surface area contributed by atoms with E-state index in [0.717, 1.165) is 18.9 Å². The molecular weight excluding hydrogens is 321 g/mol. The van der Waals surface area contributed by atoms with Gasteiger partial charge in [-0.25, -0.2) is 17.5 Å². The molecule has 1 aromatic rings. The number of halogens is 2. The molecule has 3 atom stereocenters. The van der Waals surface area contributed by atoms with E-state index < -0.39 is 27.3 Å². The minimum Gasteiger partial charge on any atom is -0.392 e. The van der Waals surface area contributed by atoms with Crippen LogP contribution in [0.5, 0.6) is 0 Å². The van der Waals surface area contributed by atoms with E-state index in [-0.39, 0.29) is 28.8 Å². The van der Waals surface area contributed by atoms with Crippen molar-refractivity contribution in [2.45, 2.75) is 49.0 Å². The number of aliphatic hydroxyl groups is 1. The molecule has 2 fully saturated rings. The third-order valence-corrected chi connectivity index (χ3v) is 5.66. The minimum absolute atomic E-state index is 0.0602. The van der Waals surface area contributed by atoms with Gasteiger partial charge in [-0.3, -0.25) is 0 Å². The Kier molecular flexibility index (Phi) is 3.96. The molecule has 2 bridgehead atoms. The van der Waals surface area contributed by atoms with Crippen LogP contribution in [-0.4, -0.2) is 31.8 Å². The highest BCUT2D eigenvalue weighted by Crippen LogP contribution is 2.35. The highest BCUT2D eigenvalue weighted by molar-refractivity contribution is 7.89. The third-order valence-electron chi connectivity index (χ3n) is 3.95. The van der Waals surface area contributed by atoms with Crippen molar-refractivity contribution in [1.82, 2.24) is 4.72 Å². The van der Waals surface area contributed by atoms with Gasteiger partial charge in [0.1, 0.15) is 10.7 Å². The van der Waals surface area contributed by atoms with E-state index in [4.69, 9.17) is 21.4 Å². The molecule has 0 aliphatic carbocycles. The van der Waals surface area contributed by atoms with Crippen molar-refractivity contribution in [2.75, 3.05) is 0 Å². The van der Waals surface area contributed by atoms with Gasteiger partial charge in [0.05, 0.1) is 24.9 Å². The fourth-order valence-electron chi connectivity index (χ4n) is 2.95. The SMILES string of the molecule is O=S(=O)(NC1CC2CCC1O2)c1cc(Cl)cc(CO)c1F. The first kappa shape index (κ1) is 15.2. The topological polar surface area (TPSA) is 75.6 Å². The summed E-state index contributed by atoms with van der Waals surface area (Å²) in [5, 5.41) is 9.13. The molecule has 2 saturated heterocycles. The number of ether oxygens (including phenoxy) is 1. The molecule has 2 heterocycles. The van der Waals surface area contributed by atoms with Gasteiger partial charge >= 0.3 is 0 Å². The number of rotatable bonds is 4. The molecule has 0 saturated carbocycles. The molecule has 2 N–H and O–H groups in total. The number of hydrogen-bond acceptors (Lipinski definition) is 4. The molecule has 0 spiro atoms. The molecule has 0 aromatic heterocycles. The Labute approximate surface area is 127 Å². The van der Waals surface area contributed by atoms with Gasteiger partial charge in [0.15, 0.2) is 0 Å². The molecule has 21 heavy (non-hydrogen) atoms. The van der Waals surface area contributed by atoms with E-state index in [1.54, 1.807) is 0 Å². The van der Waals surface area contributed by atoms with Crippen LogP contribution >= 0.6 is 11.6 Å². The van der Waals surface area contributed by atoms with E-state index in [2.05, 4.69) is 4.72 Å². The highest BCUT2D eigenvalue weighted by atomic mass is 35.5. The fraction of sp³-hybridized carbons (Fsp3) is 0.538. The van der Waals surface area contributed by atoms with Gasteiger partial charge in [0.2, 0.25) is 10.0 Å². The van der Waals surface area contributed by atoms with Gasteiger partial charge in [-0.05, 0) is 31.4 Å². The summed E-state index contributed by atoms with van der Waals surface area (Å²) in [5.41, 5.74) is -0.146. The third kappa shape index (κ3) is 2.80. The van der Waals surface area contributed by atoms with Gasteiger partial charge in [-0.1, -0.05) is 11.6 Å². The van der Waals surface area contributed by atoms with Crippen LogP contribution in [0.3, 0.4) is 0 Å². The van der Waals surface area contributed by atoms with Gasteiger partial charge in [-0.2, -0.15) is 0 Å². The molecule has 0 radical (unpaired) electrons. The first-order chi connectivity index (χ1) is 9.90. The van der Waals surface area contributed by atoms with Crippen molar-refractivity contribution in [3.8, 4) is 0 Å². The maximum Gasteiger partial charge on any atom is 0.243 e. The van der Waals surface area contributed by atoms with Crippen molar-refractivity contribution in [3.05, 3.63) is 28.5 Å². The Morgan fingerprint density at radius 3 is 2.76 bits per heavy atom. The predicted molar refractivity (Wildman–Crippen MR) is 74.0 cm³/mol. The summed E-state index contributed by atoms with van der Waals surface area (Å²) in [6, 6.07) is 1.91. The Balaban J connectivity index is 1.90. The zero-order valence-corrected chi connectivity index (χ0v) is 12.6. The average Bonchev–Trinajstić information content (AvgIpc) is 3.02. The van der Waals surface area contributed by atoms with E-state index in [1.165, 1.54) is 6.07 Å². The summed E-state index contributed by atoms with van der Waals surface area (Å²) in [6.45, 7) is -0.619. The van der Waals surface area contributed by atoms with Crippen LogP contribution in [0, 0.1) is 5.82 Å². The van der Waals surface area contributed by atoms with Crippen LogP contribution in [0.25, 0.3) is 0 Å². The lowest BCUT2D eigenvalue weighted by molar-refractivity contribution is 0.0996. The molecule has 1 aromatic carbocycles. The van der Waals surface area contributed by atoms with Gasteiger partial charge in [-0.15, -0.1) is 0 Å². The summed E-state index contributed by atoms with van der Waals surface area (Å²) in [5.74, 6) is -0.974. The smallest absolute Gasteiger partial charge is 0.243 e. The van der Waals surface area contributed by atoms with E-state index >= 15 is 0 Å². The Morgan fingerprint density at radius 2 is 2.19 bits per heavy atom. The molecule has 3 unspecified atom stereocenters. The number of nitrogens with one attached hydrogen (secondary N) is 1. The monoisotopic (exact) mass is 335 g/mol. The zero-order valence-electron chi connectivity index (χ0n) is 11.1. The van der Waals surface area contributed by atoms with Crippen molar-refractivity contribution in [1.29, 1.82) is 0 Å². The van der Waals surface area contributed by atoms with Gasteiger partial charge < -0.3 is 9.84 Å². The van der Waals surface area contributed by atoms with Crippen molar-refractivity contribution < 1.29 is 22.7 Å². The molecule has 0 amide bonds. The lowest BCUT2D eigenvalue weighted by atomic mass is 9.96. The van der Waals surface area contributed by atoms with Crippen molar-refractivity contribution in [2.24, 2.45) is 0 Å². The standard InChI is InChI=1S/C13H15ClFNO4S/c14-8-3-7(6-17)13(15)12(4-8)21(18,19)16-10-5-9-1-2-11(10)20-9/h3-4,9-11,16-17H,1-2,5-6H2. The number of benzene rings is 1. The normalized spacial score (nSPS) is 28.2. The molecule has 116 valence electrons.